The molecule has 0 aromatic heterocycles. The summed E-state index contributed by atoms with van der Waals surface area (Å²) in [4.78, 5) is 8.64. The minimum atomic E-state index is -2.97. The van der Waals surface area contributed by atoms with E-state index in [0.717, 1.165) is 0 Å². The summed E-state index contributed by atoms with van der Waals surface area (Å²) < 4.78 is 10.5. The Labute approximate surface area is 75.5 Å². The lowest BCUT2D eigenvalue weighted by Gasteiger charge is -2.07. The van der Waals surface area contributed by atoms with Gasteiger partial charge in [-0.1, -0.05) is 29.8 Å². The highest BCUT2D eigenvalue weighted by molar-refractivity contribution is 7.38. The Morgan fingerprint density at radius 2 is 2.00 bits per heavy atom. The molecule has 0 heterocycles. The number of hydrogen-bond acceptors (Lipinski definition) is 2. The van der Waals surface area contributed by atoms with E-state index in [1.165, 1.54) is 6.07 Å². The van der Waals surface area contributed by atoms with Crippen LogP contribution < -0.4 is 0 Å². The minimum Gasteiger partial charge on any atom is -0.378 e. The van der Waals surface area contributed by atoms with Gasteiger partial charge in [0.25, 0.3) is 0 Å². The van der Waals surface area contributed by atoms with Gasteiger partial charge < -0.3 is 10.00 Å². The fourth-order valence-electron chi connectivity index (χ4n) is 0.830. The Bertz CT molecular complexity index is 302. The third kappa shape index (κ3) is 2.08. The fourth-order valence-corrected chi connectivity index (χ4v) is 1.68. The van der Waals surface area contributed by atoms with Crippen molar-refractivity contribution in [3.05, 3.63) is 34.9 Å². The molecular formula is C7H8ClO3P. The van der Waals surface area contributed by atoms with E-state index >= 15 is 0 Å². The van der Waals surface area contributed by atoms with Crippen molar-refractivity contribution in [2.24, 2.45) is 0 Å². The van der Waals surface area contributed by atoms with Gasteiger partial charge in [0.05, 0.1) is 0 Å². The lowest BCUT2D eigenvalue weighted by atomic mass is 10.2. The van der Waals surface area contributed by atoms with E-state index in [2.05, 4.69) is 0 Å². The largest absolute Gasteiger partial charge is 0.378 e. The molecule has 2 unspecified atom stereocenters. The highest BCUT2D eigenvalue weighted by Crippen LogP contribution is 2.37. The van der Waals surface area contributed by atoms with E-state index in [9.17, 15) is 9.67 Å². The Balaban J connectivity index is 3.02. The van der Waals surface area contributed by atoms with E-state index in [0.29, 0.717) is 10.6 Å². The molecule has 0 spiro atoms. The standard InChI is InChI=1S/C7H8ClO3P/c8-6-4-2-1-3-5(6)7(9)12(10)11/h1-4,7,9,12H,(H,10,11). The van der Waals surface area contributed by atoms with E-state index in [-0.39, 0.29) is 0 Å². The molecule has 0 saturated carbocycles. The molecule has 12 heavy (non-hydrogen) atoms. The third-order valence-corrected chi connectivity index (χ3v) is 2.56. The van der Waals surface area contributed by atoms with Crippen LogP contribution in [-0.2, 0) is 4.57 Å². The average Bonchev–Trinajstić information content (AvgIpc) is 2.04. The molecule has 0 aliphatic rings. The van der Waals surface area contributed by atoms with Crippen molar-refractivity contribution < 1.29 is 14.6 Å². The molecule has 1 aromatic rings. The van der Waals surface area contributed by atoms with Crippen LogP contribution in [0.5, 0.6) is 0 Å². The molecule has 1 rings (SSSR count). The Morgan fingerprint density at radius 1 is 1.42 bits per heavy atom. The van der Waals surface area contributed by atoms with Gasteiger partial charge in [0.1, 0.15) is 0 Å². The number of aliphatic hydroxyl groups is 1. The third-order valence-electron chi connectivity index (χ3n) is 1.43. The molecule has 66 valence electrons. The maximum absolute atomic E-state index is 10.5. The van der Waals surface area contributed by atoms with Crippen LogP contribution in [0.1, 0.15) is 11.4 Å². The molecule has 0 fully saturated rings. The second-order valence-corrected chi connectivity index (χ2v) is 3.89. The average molecular weight is 207 g/mol. The molecule has 0 saturated heterocycles. The summed E-state index contributed by atoms with van der Waals surface area (Å²) in [7, 11) is -2.97. The van der Waals surface area contributed by atoms with Gasteiger partial charge in [-0.3, -0.25) is 4.57 Å². The van der Waals surface area contributed by atoms with Crippen molar-refractivity contribution in [1.82, 2.24) is 0 Å². The number of hydrogen-bond donors (Lipinski definition) is 2. The van der Waals surface area contributed by atoms with E-state index in [1.54, 1.807) is 18.2 Å². The first kappa shape index (κ1) is 9.75. The predicted molar refractivity (Wildman–Crippen MR) is 47.6 cm³/mol. The van der Waals surface area contributed by atoms with Crippen molar-refractivity contribution in [3.63, 3.8) is 0 Å². The first-order valence-electron chi connectivity index (χ1n) is 3.28. The Hall–Kier alpha value is -0.340. The van der Waals surface area contributed by atoms with Crippen LogP contribution in [0.15, 0.2) is 24.3 Å². The number of benzene rings is 1. The van der Waals surface area contributed by atoms with Crippen LogP contribution in [0.25, 0.3) is 0 Å². The molecule has 0 amide bonds. The van der Waals surface area contributed by atoms with Crippen molar-refractivity contribution in [2.75, 3.05) is 0 Å². The molecule has 2 N–H and O–H groups in total. The summed E-state index contributed by atoms with van der Waals surface area (Å²) in [6.45, 7) is 0. The molecule has 0 bridgehead atoms. The van der Waals surface area contributed by atoms with Crippen LogP contribution in [0.4, 0.5) is 0 Å². The van der Waals surface area contributed by atoms with E-state index in [4.69, 9.17) is 16.5 Å². The second kappa shape index (κ2) is 4.06. The predicted octanol–water partition coefficient (Wildman–Crippen LogP) is 1.80. The summed E-state index contributed by atoms with van der Waals surface area (Å²) in [5.41, 5.74) is 0.297. The molecule has 1 aromatic carbocycles. The summed E-state index contributed by atoms with van der Waals surface area (Å²) in [5, 5.41) is 9.48. The lowest BCUT2D eigenvalue weighted by Crippen LogP contribution is -1.91. The van der Waals surface area contributed by atoms with E-state index < -0.39 is 13.9 Å². The topological polar surface area (TPSA) is 57.5 Å². The Kier molecular flexibility index (Phi) is 3.29. The molecule has 5 heteroatoms. The summed E-state index contributed by atoms with van der Waals surface area (Å²) in [6, 6.07) is 6.42. The first-order valence-corrected chi connectivity index (χ1v) is 5.09. The molecule has 3 nitrogen and oxygen atoms in total. The SMILES string of the molecule is O=[PH](O)C(O)c1ccccc1Cl. The normalized spacial score (nSPS) is 15.6. The zero-order chi connectivity index (χ0) is 9.14. The van der Waals surface area contributed by atoms with Gasteiger partial charge in [-0.25, -0.2) is 0 Å². The maximum Gasteiger partial charge on any atom is 0.221 e. The lowest BCUT2D eigenvalue weighted by molar-refractivity contribution is 0.243. The molecular weight excluding hydrogens is 199 g/mol. The molecule has 0 aliphatic heterocycles. The van der Waals surface area contributed by atoms with Crippen LogP contribution in [0.2, 0.25) is 5.02 Å². The van der Waals surface area contributed by atoms with Crippen molar-refractivity contribution in [3.8, 4) is 0 Å². The van der Waals surface area contributed by atoms with Crippen molar-refractivity contribution in [2.45, 2.75) is 5.85 Å². The quantitative estimate of drug-likeness (QED) is 0.726. The minimum absolute atomic E-state index is 0.297. The van der Waals surface area contributed by atoms with Crippen LogP contribution in [0, 0.1) is 0 Å². The second-order valence-electron chi connectivity index (χ2n) is 2.26. The smallest absolute Gasteiger partial charge is 0.221 e. The van der Waals surface area contributed by atoms with Crippen LogP contribution in [0.3, 0.4) is 0 Å². The van der Waals surface area contributed by atoms with Crippen molar-refractivity contribution in [1.29, 1.82) is 0 Å². The van der Waals surface area contributed by atoms with Crippen LogP contribution in [-0.4, -0.2) is 10.00 Å². The Morgan fingerprint density at radius 3 is 2.50 bits per heavy atom. The maximum atomic E-state index is 10.5. The molecule has 0 aliphatic carbocycles. The zero-order valence-corrected chi connectivity index (χ0v) is 7.82. The summed E-state index contributed by atoms with van der Waals surface area (Å²) in [5.74, 6) is -1.36. The van der Waals surface area contributed by atoms with E-state index in [1.807, 2.05) is 0 Å². The van der Waals surface area contributed by atoms with Gasteiger partial charge in [0.2, 0.25) is 8.03 Å². The van der Waals surface area contributed by atoms with Crippen LogP contribution >= 0.6 is 19.6 Å². The van der Waals surface area contributed by atoms with Gasteiger partial charge >= 0.3 is 0 Å². The van der Waals surface area contributed by atoms with Gasteiger partial charge in [-0.15, -0.1) is 0 Å². The van der Waals surface area contributed by atoms with Gasteiger partial charge in [-0.05, 0) is 6.07 Å². The van der Waals surface area contributed by atoms with Gasteiger partial charge in [0, 0.05) is 10.6 Å². The molecule has 2 atom stereocenters. The molecule has 0 radical (unpaired) electrons. The van der Waals surface area contributed by atoms with Gasteiger partial charge in [-0.2, -0.15) is 0 Å². The van der Waals surface area contributed by atoms with Crippen molar-refractivity contribution >= 4 is 19.6 Å². The monoisotopic (exact) mass is 206 g/mol. The highest BCUT2D eigenvalue weighted by atomic mass is 35.5. The highest BCUT2D eigenvalue weighted by Gasteiger charge is 2.15. The number of aliphatic hydroxyl groups excluding tert-OH is 1. The van der Waals surface area contributed by atoms with Gasteiger partial charge in [0.15, 0.2) is 5.85 Å². The summed E-state index contributed by atoms with van der Waals surface area (Å²) in [6.07, 6.45) is 0. The summed E-state index contributed by atoms with van der Waals surface area (Å²) >= 11 is 5.67. The zero-order valence-electron chi connectivity index (χ0n) is 6.07. The first-order chi connectivity index (χ1) is 5.63. The number of rotatable bonds is 2. The fraction of sp³-hybridized carbons (Fsp3) is 0.143. The number of halogens is 1.